The van der Waals surface area contributed by atoms with E-state index in [9.17, 15) is 22.7 Å². The Kier molecular flexibility index (Phi) is 10.1. The topological polar surface area (TPSA) is 125 Å². The highest BCUT2D eigenvalue weighted by atomic mass is 35.5. The van der Waals surface area contributed by atoms with Crippen LogP contribution in [-0.4, -0.2) is 76.3 Å². The number of rotatable bonds is 9. The van der Waals surface area contributed by atoms with Crippen LogP contribution < -0.4 is 5.32 Å². The molecule has 13 heteroatoms. The smallest absolute Gasteiger partial charge is 0.410 e. The molecule has 2 N–H and O–H groups in total. The number of carbonyl (C=O) groups excluding carboxylic acids is 1. The molecule has 1 saturated heterocycles. The minimum Gasteiger partial charge on any atom is -0.506 e. The first kappa shape index (κ1) is 32.4. The van der Waals surface area contributed by atoms with Crippen LogP contribution in [0, 0.1) is 5.82 Å². The number of nitrogens with zero attached hydrogens (tertiary/aromatic N) is 4. The van der Waals surface area contributed by atoms with Crippen LogP contribution in [0.1, 0.15) is 44.7 Å². The number of anilines is 1. The van der Waals surface area contributed by atoms with E-state index in [-0.39, 0.29) is 35.0 Å². The minimum absolute atomic E-state index is 0.00959. The van der Waals surface area contributed by atoms with Crippen LogP contribution in [0.4, 0.5) is 15.1 Å². The number of hydrogen-bond acceptors (Lipinski definition) is 8. The lowest BCUT2D eigenvalue weighted by Gasteiger charge is -2.37. The number of ether oxygens (including phenoxy) is 1. The first-order valence-electron chi connectivity index (χ1n) is 14.0. The molecule has 0 saturated carbocycles. The number of hydrogen-bond donors (Lipinski definition) is 2. The van der Waals surface area contributed by atoms with Crippen molar-refractivity contribution in [1.29, 1.82) is 0 Å². The van der Waals surface area contributed by atoms with E-state index in [4.69, 9.17) is 16.3 Å². The Morgan fingerprint density at radius 3 is 2.56 bits per heavy atom. The maximum absolute atomic E-state index is 14.9. The maximum atomic E-state index is 14.9. The monoisotopic (exact) mass is 633 g/mol. The molecule has 4 rings (SSSR count). The molecule has 2 heterocycles. The van der Waals surface area contributed by atoms with E-state index in [1.165, 1.54) is 16.6 Å². The SMILES string of the molecule is CC(C)(C)OC(=O)N1CCC(N(Cc2cccc(-c3nc(NCCc4ccc(O)c(Cl)c4)ncc3F)c2)S(C)(=O)=O)CC1. The molecule has 1 fully saturated rings. The number of phenolic OH excluding ortho intramolecular Hbond substituents is 1. The van der Waals surface area contributed by atoms with E-state index in [1.807, 2.05) is 0 Å². The Bertz CT molecular complexity index is 1560. The number of amides is 1. The van der Waals surface area contributed by atoms with Crippen molar-refractivity contribution >= 4 is 33.7 Å². The molecule has 2 aromatic carbocycles. The van der Waals surface area contributed by atoms with Gasteiger partial charge in [0.2, 0.25) is 16.0 Å². The summed E-state index contributed by atoms with van der Waals surface area (Å²) < 4.78 is 47.4. The highest BCUT2D eigenvalue weighted by Gasteiger charge is 2.33. The molecular weight excluding hydrogens is 597 g/mol. The number of halogens is 2. The Hall–Kier alpha value is -3.48. The molecule has 0 unspecified atom stereocenters. The van der Waals surface area contributed by atoms with E-state index in [1.54, 1.807) is 62.1 Å². The number of aromatic nitrogens is 2. The molecule has 0 atom stereocenters. The summed E-state index contributed by atoms with van der Waals surface area (Å²) >= 11 is 5.97. The summed E-state index contributed by atoms with van der Waals surface area (Å²) in [5.74, 6) is -0.362. The minimum atomic E-state index is -3.59. The van der Waals surface area contributed by atoms with Gasteiger partial charge in [-0.3, -0.25) is 0 Å². The summed E-state index contributed by atoms with van der Waals surface area (Å²) in [5.41, 5.74) is 1.54. The first-order valence-corrected chi connectivity index (χ1v) is 16.2. The second-order valence-corrected chi connectivity index (χ2v) is 13.9. The van der Waals surface area contributed by atoms with Gasteiger partial charge in [-0.1, -0.05) is 35.9 Å². The number of piperidine rings is 1. The molecule has 1 aliphatic heterocycles. The molecule has 0 bridgehead atoms. The average Bonchev–Trinajstić information content (AvgIpc) is 2.93. The van der Waals surface area contributed by atoms with E-state index in [0.29, 0.717) is 50.0 Å². The summed E-state index contributed by atoms with van der Waals surface area (Å²) in [5, 5.41) is 12.9. The van der Waals surface area contributed by atoms with Crippen LogP contribution in [0.2, 0.25) is 5.02 Å². The molecule has 43 heavy (non-hydrogen) atoms. The fourth-order valence-electron chi connectivity index (χ4n) is 4.86. The molecule has 3 aromatic rings. The van der Waals surface area contributed by atoms with Crippen molar-refractivity contribution in [2.45, 2.75) is 58.2 Å². The van der Waals surface area contributed by atoms with E-state index >= 15 is 0 Å². The van der Waals surface area contributed by atoms with E-state index in [0.717, 1.165) is 11.8 Å². The standard InChI is InChI=1S/C30H37ClFN5O5S/c1-30(2,3)42-29(39)36-14-11-23(12-15-36)37(43(4,40)41)19-21-6-5-7-22(16-21)27-25(32)18-34-28(35-27)33-13-10-20-8-9-26(38)24(31)17-20/h5-9,16-18,23,38H,10-15,19H2,1-4H3,(H,33,34,35). The van der Waals surface area contributed by atoms with Crippen molar-refractivity contribution in [2.75, 3.05) is 31.2 Å². The van der Waals surface area contributed by atoms with Crippen LogP contribution in [0.5, 0.6) is 5.75 Å². The first-order chi connectivity index (χ1) is 20.2. The number of nitrogens with one attached hydrogen (secondary N) is 1. The molecular formula is C30H37ClFN5O5S. The number of likely N-dealkylation sites (tertiary alicyclic amines) is 1. The fourth-order valence-corrected chi connectivity index (χ4v) is 6.20. The Labute approximate surface area is 256 Å². The van der Waals surface area contributed by atoms with Gasteiger partial charge >= 0.3 is 6.09 Å². The van der Waals surface area contributed by atoms with Gasteiger partial charge in [0.05, 0.1) is 17.5 Å². The van der Waals surface area contributed by atoms with Gasteiger partial charge in [0.25, 0.3) is 0 Å². The van der Waals surface area contributed by atoms with Crippen LogP contribution in [0.25, 0.3) is 11.3 Å². The molecule has 10 nitrogen and oxygen atoms in total. The van der Waals surface area contributed by atoms with Crippen LogP contribution in [0.3, 0.4) is 0 Å². The van der Waals surface area contributed by atoms with Gasteiger partial charge in [-0.05, 0) is 69.4 Å². The van der Waals surface area contributed by atoms with Crippen molar-refractivity contribution in [2.24, 2.45) is 0 Å². The summed E-state index contributed by atoms with van der Waals surface area (Å²) in [6.07, 6.45) is 3.37. The van der Waals surface area contributed by atoms with Crippen LogP contribution >= 0.6 is 11.6 Å². The maximum Gasteiger partial charge on any atom is 0.410 e. The number of sulfonamides is 1. The van der Waals surface area contributed by atoms with Crippen LogP contribution in [0.15, 0.2) is 48.7 Å². The largest absolute Gasteiger partial charge is 0.506 e. The van der Waals surface area contributed by atoms with Gasteiger partial charge in [0, 0.05) is 37.8 Å². The summed E-state index contributed by atoms with van der Waals surface area (Å²) in [4.78, 5) is 22.5. The van der Waals surface area contributed by atoms with E-state index in [2.05, 4.69) is 15.3 Å². The second kappa shape index (κ2) is 13.4. The molecule has 1 aromatic heterocycles. The van der Waals surface area contributed by atoms with Gasteiger partial charge in [-0.25, -0.2) is 27.6 Å². The molecule has 0 spiro atoms. The van der Waals surface area contributed by atoms with Crippen molar-refractivity contribution in [3.63, 3.8) is 0 Å². The van der Waals surface area contributed by atoms with Crippen molar-refractivity contribution in [3.05, 3.63) is 70.6 Å². The lowest BCUT2D eigenvalue weighted by molar-refractivity contribution is 0.0176. The lowest BCUT2D eigenvalue weighted by atomic mass is 10.0. The number of benzene rings is 2. The van der Waals surface area contributed by atoms with Gasteiger partial charge in [-0.2, -0.15) is 4.31 Å². The molecule has 232 valence electrons. The van der Waals surface area contributed by atoms with Crippen molar-refractivity contribution in [1.82, 2.24) is 19.2 Å². The summed E-state index contributed by atoms with van der Waals surface area (Å²) in [6, 6.07) is 11.6. The third-order valence-electron chi connectivity index (χ3n) is 6.94. The van der Waals surface area contributed by atoms with Crippen molar-refractivity contribution < 1.29 is 27.4 Å². The van der Waals surface area contributed by atoms with Crippen LogP contribution in [-0.2, 0) is 27.7 Å². The third kappa shape index (κ3) is 9.01. The van der Waals surface area contributed by atoms with Gasteiger partial charge in [0.15, 0.2) is 5.82 Å². The Balaban J connectivity index is 1.44. The predicted molar refractivity (Wildman–Crippen MR) is 164 cm³/mol. The predicted octanol–water partition coefficient (Wildman–Crippen LogP) is 5.46. The summed E-state index contributed by atoms with van der Waals surface area (Å²) in [6.45, 7) is 6.72. The molecule has 1 aliphatic rings. The third-order valence-corrected chi connectivity index (χ3v) is 8.52. The highest BCUT2D eigenvalue weighted by Crippen LogP contribution is 2.27. The zero-order chi connectivity index (χ0) is 31.4. The fraction of sp³-hybridized carbons (Fsp3) is 0.433. The zero-order valence-electron chi connectivity index (χ0n) is 24.7. The number of aromatic hydroxyl groups is 1. The normalized spacial score (nSPS) is 14.6. The van der Waals surface area contributed by atoms with E-state index < -0.39 is 27.5 Å². The highest BCUT2D eigenvalue weighted by molar-refractivity contribution is 7.88. The number of carbonyl (C=O) groups is 1. The molecule has 0 aliphatic carbocycles. The Morgan fingerprint density at radius 2 is 1.91 bits per heavy atom. The van der Waals surface area contributed by atoms with Crippen molar-refractivity contribution in [3.8, 4) is 17.0 Å². The van der Waals surface area contributed by atoms with Gasteiger partial charge in [-0.15, -0.1) is 0 Å². The average molecular weight is 634 g/mol. The quantitative estimate of drug-likeness (QED) is 0.318. The van der Waals surface area contributed by atoms with Gasteiger partial charge < -0.3 is 20.1 Å². The molecule has 0 radical (unpaired) electrons. The Morgan fingerprint density at radius 1 is 1.19 bits per heavy atom. The second-order valence-electron chi connectivity index (χ2n) is 11.6. The molecule has 1 amide bonds. The number of phenols is 1. The lowest BCUT2D eigenvalue weighted by Crippen LogP contribution is -2.49. The van der Waals surface area contributed by atoms with Gasteiger partial charge in [0.1, 0.15) is 17.0 Å². The summed E-state index contributed by atoms with van der Waals surface area (Å²) in [7, 11) is -3.59. The zero-order valence-corrected chi connectivity index (χ0v) is 26.3.